The minimum Gasteiger partial charge on any atom is -0.390 e. The van der Waals surface area contributed by atoms with Crippen LogP contribution in [-0.2, 0) is 13.1 Å². The van der Waals surface area contributed by atoms with Crippen molar-refractivity contribution in [2.75, 3.05) is 13.6 Å². The van der Waals surface area contributed by atoms with Crippen LogP contribution in [0.1, 0.15) is 5.56 Å². The van der Waals surface area contributed by atoms with E-state index in [1.165, 1.54) is 5.56 Å². The molecule has 1 aromatic carbocycles. The van der Waals surface area contributed by atoms with E-state index >= 15 is 0 Å². The molecule has 0 amide bonds. The van der Waals surface area contributed by atoms with Crippen molar-refractivity contribution >= 4 is 15.9 Å². The topological polar surface area (TPSA) is 41.3 Å². The van der Waals surface area contributed by atoms with Crippen LogP contribution >= 0.6 is 15.9 Å². The molecule has 0 aliphatic carbocycles. The first-order valence-corrected chi connectivity index (χ1v) is 7.01. The van der Waals surface area contributed by atoms with Gasteiger partial charge in [-0.1, -0.05) is 28.1 Å². The molecule has 0 unspecified atom stereocenters. The van der Waals surface area contributed by atoms with E-state index in [1.54, 1.807) is 10.9 Å². The van der Waals surface area contributed by atoms with Gasteiger partial charge in [-0.3, -0.25) is 9.58 Å². The van der Waals surface area contributed by atoms with Gasteiger partial charge >= 0.3 is 0 Å². The van der Waals surface area contributed by atoms with Crippen molar-refractivity contribution in [2.24, 2.45) is 0 Å². The molecule has 1 aromatic heterocycles. The lowest BCUT2D eigenvalue weighted by atomic mass is 10.2. The molecule has 0 saturated carbocycles. The summed E-state index contributed by atoms with van der Waals surface area (Å²) in [5, 5.41) is 14.1. The summed E-state index contributed by atoms with van der Waals surface area (Å²) < 4.78 is 2.83. The number of hydrogen-bond acceptors (Lipinski definition) is 3. The van der Waals surface area contributed by atoms with Crippen molar-refractivity contribution in [3.8, 4) is 0 Å². The Bertz CT molecular complexity index is 484. The Morgan fingerprint density at radius 3 is 2.74 bits per heavy atom. The van der Waals surface area contributed by atoms with Crippen LogP contribution in [0, 0.1) is 0 Å². The SMILES string of the molecule is CN(Cc1ccc(Br)cc1)C[C@H](O)Cn1cccn1. The number of likely N-dealkylation sites (N-methyl/N-ethyl adjacent to an activating group) is 1. The molecule has 2 rings (SSSR count). The molecule has 0 saturated heterocycles. The number of benzene rings is 1. The van der Waals surface area contributed by atoms with Crippen molar-refractivity contribution in [3.63, 3.8) is 0 Å². The summed E-state index contributed by atoms with van der Waals surface area (Å²) in [6, 6.07) is 10.1. The van der Waals surface area contributed by atoms with E-state index in [-0.39, 0.29) is 0 Å². The van der Waals surface area contributed by atoms with Crippen LogP contribution in [0.5, 0.6) is 0 Å². The van der Waals surface area contributed by atoms with Gasteiger partial charge in [0.05, 0.1) is 12.6 Å². The fourth-order valence-electron chi connectivity index (χ4n) is 2.01. The predicted molar refractivity (Wildman–Crippen MR) is 78.7 cm³/mol. The summed E-state index contributed by atoms with van der Waals surface area (Å²) in [5.41, 5.74) is 1.23. The number of hydrogen-bond donors (Lipinski definition) is 1. The third-order valence-electron chi connectivity index (χ3n) is 2.85. The Morgan fingerprint density at radius 2 is 2.11 bits per heavy atom. The Hall–Kier alpha value is -1.17. The molecule has 2 aromatic rings. The van der Waals surface area contributed by atoms with Crippen molar-refractivity contribution in [1.29, 1.82) is 0 Å². The summed E-state index contributed by atoms with van der Waals surface area (Å²) in [6.07, 6.45) is 3.16. The predicted octanol–water partition coefficient (Wildman–Crippen LogP) is 2.14. The maximum atomic E-state index is 10.0. The second kappa shape index (κ2) is 6.84. The van der Waals surface area contributed by atoms with Gasteiger partial charge in [-0.25, -0.2) is 0 Å². The Labute approximate surface area is 121 Å². The quantitative estimate of drug-likeness (QED) is 0.885. The molecule has 5 heteroatoms. The van der Waals surface area contributed by atoms with Gasteiger partial charge in [0.1, 0.15) is 0 Å². The summed E-state index contributed by atoms with van der Waals surface area (Å²) in [4.78, 5) is 2.11. The van der Waals surface area contributed by atoms with Crippen LogP contribution in [0.15, 0.2) is 47.2 Å². The van der Waals surface area contributed by atoms with Crippen molar-refractivity contribution in [1.82, 2.24) is 14.7 Å². The van der Waals surface area contributed by atoms with Crippen LogP contribution in [0.4, 0.5) is 0 Å². The minimum absolute atomic E-state index is 0.416. The van der Waals surface area contributed by atoms with E-state index in [9.17, 15) is 5.11 Å². The van der Waals surface area contributed by atoms with Crippen LogP contribution in [0.3, 0.4) is 0 Å². The van der Waals surface area contributed by atoms with Gasteiger partial charge in [-0.05, 0) is 30.8 Å². The molecule has 1 atom stereocenters. The highest BCUT2D eigenvalue weighted by molar-refractivity contribution is 9.10. The molecule has 0 aliphatic heterocycles. The molecule has 1 heterocycles. The van der Waals surface area contributed by atoms with Gasteiger partial charge in [-0.2, -0.15) is 5.10 Å². The molecular formula is C14H18BrN3O. The molecule has 102 valence electrons. The average molecular weight is 324 g/mol. The van der Waals surface area contributed by atoms with Crippen LogP contribution < -0.4 is 0 Å². The molecule has 0 bridgehead atoms. The third kappa shape index (κ3) is 4.78. The maximum absolute atomic E-state index is 10.0. The van der Waals surface area contributed by atoms with Gasteiger partial charge in [0.15, 0.2) is 0 Å². The minimum atomic E-state index is -0.416. The lowest BCUT2D eigenvalue weighted by Crippen LogP contribution is -2.31. The number of aliphatic hydroxyl groups is 1. The average Bonchev–Trinajstić information content (AvgIpc) is 2.84. The maximum Gasteiger partial charge on any atom is 0.0862 e. The zero-order valence-electron chi connectivity index (χ0n) is 10.9. The van der Waals surface area contributed by atoms with E-state index in [0.29, 0.717) is 13.1 Å². The highest BCUT2D eigenvalue weighted by Crippen LogP contribution is 2.11. The Kier molecular flexibility index (Phi) is 5.13. The number of nitrogens with zero attached hydrogens (tertiary/aromatic N) is 3. The largest absolute Gasteiger partial charge is 0.390 e. The van der Waals surface area contributed by atoms with Crippen molar-refractivity contribution < 1.29 is 5.11 Å². The highest BCUT2D eigenvalue weighted by atomic mass is 79.9. The van der Waals surface area contributed by atoms with E-state index in [2.05, 4.69) is 38.1 Å². The van der Waals surface area contributed by atoms with E-state index in [0.717, 1.165) is 11.0 Å². The monoisotopic (exact) mass is 323 g/mol. The Morgan fingerprint density at radius 1 is 1.37 bits per heavy atom. The standard InChI is InChI=1S/C14H18BrN3O/c1-17(9-12-3-5-13(15)6-4-12)10-14(19)11-18-8-2-7-16-18/h2-8,14,19H,9-11H2,1H3/t14-/m0/s1. The second-order valence-electron chi connectivity index (χ2n) is 4.71. The second-order valence-corrected chi connectivity index (χ2v) is 5.62. The fourth-order valence-corrected chi connectivity index (χ4v) is 2.27. The normalized spacial score (nSPS) is 12.8. The molecule has 19 heavy (non-hydrogen) atoms. The van der Waals surface area contributed by atoms with E-state index < -0.39 is 6.10 Å². The molecule has 4 nitrogen and oxygen atoms in total. The van der Waals surface area contributed by atoms with Gasteiger partial charge in [0, 0.05) is 30.0 Å². The van der Waals surface area contributed by atoms with Gasteiger partial charge in [-0.15, -0.1) is 0 Å². The number of rotatable bonds is 6. The molecule has 0 fully saturated rings. The number of halogens is 1. The number of aliphatic hydroxyl groups excluding tert-OH is 1. The first kappa shape index (κ1) is 14.2. The van der Waals surface area contributed by atoms with Crippen LogP contribution in [-0.4, -0.2) is 39.5 Å². The number of aromatic nitrogens is 2. The van der Waals surface area contributed by atoms with Gasteiger partial charge < -0.3 is 5.11 Å². The Balaban J connectivity index is 1.80. The summed E-state index contributed by atoms with van der Waals surface area (Å²) in [6.45, 7) is 1.97. The summed E-state index contributed by atoms with van der Waals surface area (Å²) in [7, 11) is 2.01. The lowest BCUT2D eigenvalue weighted by molar-refractivity contribution is 0.104. The van der Waals surface area contributed by atoms with E-state index in [1.807, 2.05) is 31.4 Å². The zero-order valence-corrected chi connectivity index (χ0v) is 12.5. The van der Waals surface area contributed by atoms with Crippen LogP contribution in [0.25, 0.3) is 0 Å². The van der Waals surface area contributed by atoms with Gasteiger partial charge in [0.25, 0.3) is 0 Å². The van der Waals surface area contributed by atoms with Crippen LogP contribution in [0.2, 0.25) is 0 Å². The van der Waals surface area contributed by atoms with Crippen molar-refractivity contribution in [2.45, 2.75) is 19.2 Å². The van der Waals surface area contributed by atoms with Gasteiger partial charge in [0.2, 0.25) is 0 Å². The highest BCUT2D eigenvalue weighted by Gasteiger charge is 2.09. The summed E-state index contributed by atoms with van der Waals surface area (Å²) >= 11 is 3.42. The van der Waals surface area contributed by atoms with Crippen molar-refractivity contribution in [3.05, 3.63) is 52.8 Å². The molecule has 0 spiro atoms. The molecule has 1 N–H and O–H groups in total. The lowest BCUT2D eigenvalue weighted by Gasteiger charge is -2.20. The smallest absolute Gasteiger partial charge is 0.0862 e. The fraction of sp³-hybridized carbons (Fsp3) is 0.357. The molecular weight excluding hydrogens is 306 g/mol. The first-order valence-electron chi connectivity index (χ1n) is 6.22. The zero-order chi connectivity index (χ0) is 13.7. The third-order valence-corrected chi connectivity index (χ3v) is 3.37. The first-order chi connectivity index (χ1) is 9.13. The molecule has 0 radical (unpaired) electrons. The van der Waals surface area contributed by atoms with E-state index in [4.69, 9.17) is 0 Å². The molecule has 0 aliphatic rings. The summed E-state index contributed by atoms with van der Waals surface area (Å²) in [5.74, 6) is 0.